The standard InChI is InChI=1S/C14H23N3O3S/c1-9(2)16-14(18)11(4)17-21(19,20)13-6-5-12(8-15)7-10(13)3/h5-7,9,11,17H,8,15H2,1-4H3,(H,16,18). The van der Waals surface area contributed by atoms with Crippen LogP contribution in [0.5, 0.6) is 0 Å². The van der Waals surface area contributed by atoms with E-state index in [4.69, 9.17) is 5.73 Å². The molecule has 0 aliphatic heterocycles. The van der Waals surface area contributed by atoms with E-state index in [2.05, 4.69) is 10.0 Å². The monoisotopic (exact) mass is 313 g/mol. The Morgan fingerprint density at radius 3 is 2.38 bits per heavy atom. The van der Waals surface area contributed by atoms with Gasteiger partial charge in [0.1, 0.15) is 0 Å². The molecular weight excluding hydrogens is 290 g/mol. The van der Waals surface area contributed by atoms with E-state index in [-0.39, 0.29) is 16.8 Å². The molecule has 0 aliphatic carbocycles. The van der Waals surface area contributed by atoms with Crippen LogP contribution >= 0.6 is 0 Å². The zero-order chi connectivity index (χ0) is 16.2. The fourth-order valence-corrected chi connectivity index (χ4v) is 3.33. The van der Waals surface area contributed by atoms with Gasteiger partial charge in [0, 0.05) is 12.6 Å². The van der Waals surface area contributed by atoms with Crippen LogP contribution in [0.3, 0.4) is 0 Å². The highest BCUT2D eigenvalue weighted by molar-refractivity contribution is 7.89. The first-order valence-corrected chi connectivity index (χ1v) is 8.28. The molecule has 1 aromatic carbocycles. The Kier molecular flexibility index (Phi) is 5.88. The molecule has 0 radical (unpaired) electrons. The van der Waals surface area contributed by atoms with Gasteiger partial charge < -0.3 is 11.1 Å². The van der Waals surface area contributed by atoms with Crippen LogP contribution in [0.2, 0.25) is 0 Å². The summed E-state index contributed by atoms with van der Waals surface area (Å²) in [7, 11) is -3.75. The van der Waals surface area contributed by atoms with Crippen molar-refractivity contribution in [3.05, 3.63) is 29.3 Å². The summed E-state index contributed by atoms with van der Waals surface area (Å²) in [6, 6.07) is 4.02. The second-order valence-electron chi connectivity index (χ2n) is 5.31. The minimum atomic E-state index is -3.75. The first-order valence-electron chi connectivity index (χ1n) is 6.79. The highest BCUT2D eigenvalue weighted by Gasteiger charge is 2.23. The van der Waals surface area contributed by atoms with Crippen LogP contribution in [-0.2, 0) is 21.4 Å². The number of carbonyl (C=O) groups excluding carboxylic acids is 1. The third kappa shape index (κ3) is 4.80. The number of carbonyl (C=O) groups is 1. The normalized spacial score (nSPS) is 13.2. The second kappa shape index (κ2) is 7.02. The highest BCUT2D eigenvalue weighted by Crippen LogP contribution is 2.17. The SMILES string of the molecule is Cc1cc(CN)ccc1S(=O)(=O)NC(C)C(=O)NC(C)C. The number of nitrogens with two attached hydrogens (primary N) is 1. The lowest BCUT2D eigenvalue weighted by atomic mass is 10.1. The van der Waals surface area contributed by atoms with E-state index in [0.29, 0.717) is 12.1 Å². The summed E-state index contributed by atoms with van der Waals surface area (Å²) in [5.41, 5.74) is 6.98. The Morgan fingerprint density at radius 1 is 1.29 bits per heavy atom. The van der Waals surface area contributed by atoms with E-state index >= 15 is 0 Å². The van der Waals surface area contributed by atoms with Crippen molar-refractivity contribution in [1.29, 1.82) is 0 Å². The van der Waals surface area contributed by atoms with E-state index in [9.17, 15) is 13.2 Å². The van der Waals surface area contributed by atoms with Gasteiger partial charge >= 0.3 is 0 Å². The van der Waals surface area contributed by atoms with E-state index in [1.807, 2.05) is 13.8 Å². The van der Waals surface area contributed by atoms with Gasteiger partial charge in [-0.3, -0.25) is 4.79 Å². The molecule has 0 bridgehead atoms. The Labute approximate surface area is 126 Å². The van der Waals surface area contributed by atoms with Crippen molar-refractivity contribution < 1.29 is 13.2 Å². The molecule has 6 nitrogen and oxygen atoms in total. The summed E-state index contributed by atoms with van der Waals surface area (Å²) < 4.78 is 27.0. The summed E-state index contributed by atoms with van der Waals surface area (Å²) in [5.74, 6) is -0.357. The number of aryl methyl sites for hydroxylation is 1. The van der Waals surface area contributed by atoms with E-state index in [0.717, 1.165) is 5.56 Å². The Balaban J connectivity index is 2.94. The summed E-state index contributed by atoms with van der Waals surface area (Å²) in [6.45, 7) is 7.19. The van der Waals surface area contributed by atoms with Crippen LogP contribution in [0.25, 0.3) is 0 Å². The Morgan fingerprint density at radius 2 is 1.90 bits per heavy atom. The lowest BCUT2D eigenvalue weighted by Gasteiger charge is -2.17. The molecule has 1 rings (SSSR count). The Bertz CT molecular complexity index is 612. The number of sulfonamides is 1. The van der Waals surface area contributed by atoms with Crippen molar-refractivity contribution in [3.8, 4) is 0 Å². The van der Waals surface area contributed by atoms with Crippen molar-refractivity contribution >= 4 is 15.9 Å². The minimum Gasteiger partial charge on any atom is -0.353 e. The number of nitrogens with one attached hydrogen (secondary N) is 2. The number of amides is 1. The van der Waals surface area contributed by atoms with Gasteiger partial charge in [0.05, 0.1) is 10.9 Å². The topological polar surface area (TPSA) is 101 Å². The number of rotatable bonds is 6. The lowest BCUT2D eigenvalue weighted by Crippen LogP contribution is -2.46. The molecule has 0 saturated heterocycles. The van der Waals surface area contributed by atoms with Crippen molar-refractivity contribution in [3.63, 3.8) is 0 Å². The van der Waals surface area contributed by atoms with Crippen molar-refractivity contribution in [1.82, 2.24) is 10.0 Å². The van der Waals surface area contributed by atoms with E-state index in [1.54, 1.807) is 19.1 Å². The third-order valence-electron chi connectivity index (χ3n) is 2.92. The van der Waals surface area contributed by atoms with Gasteiger partial charge in [-0.25, -0.2) is 8.42 Å². The van der Waals surface area contributed by atoms with Crippen LogP contribution in [0.15, 0.2) is 23.1 Å². The maximum Gasteiger partial charge on any atom is 0.241 e. The summed E-state index contributed by atoms with van der Waals surface area (Å²) in [5, 5.41) is 2.67. The predicted octanol–water partition coefficient (Wildman–Crippen LogP) is 0.645. The molecule has 1 unspecified atom stereocenters. The zero-order valence-corrected chi connectivity index (χ0v) is 13.6. The predicted molar refractivity (Wildman–Crippen MR) is 82.1 cm³/mol. The van der Waals surface area contributed by atoms with Gasteiger partial charge in [0.2, 0.25) is 15.9 Å². The smallest absolute Gasteiger partial charge is 0.241 e. The minimum absolute atomic E-state index is 0.0463. The number of hydrogen-bond donors (Lipinski definition) is 3. The number of hydrogen-bond acceptors (Lipinski definition) is 4. The van der Waals surface area contributed by atoms with Crippen molar-refractivity contribution in [2.24, 2.45) is 5.73 Å². The molecule has 0 spiro atoms. The molecule has 1 atom stereocenters. The molecule has 0 saturated carbocycles. The van der Waals surface area contributed by atoms with Crippen LogP contribution in [0, 0.1) is 6.92 Å². The van der Waals surface area contributed by atoms with Gasteiger partial charge in [-0.15, -0.1) is 0 Å². The second-order valence-corrected chi connectivity index (χ2v) is 6.99. The van der Waals surface area contributed by atoms with Crippen molar-refractivity contribution in [2.45, 2.75) is 51.2 Å². The maximum absolute atomic E-state index is 12.3. The molecule has 4 N–H and O–H groups in total. The van der Waals surface area contributed by atoms with Gasteiger partial charge in [0.15, 0.2) is 0 Å². The highest BCUT2D eigenvalue weighted by atomic mass is 32.2. The molecule has 21 heavy (non-hydrogen) atoms. The fourth-order valence-electron chi connectivity index (χ4n) is 1.90. The molecule has 0 aromatic heterocycles. The third-order valence-corrected chi connectivity index (χ3v) is 4.62. The largest absolute Gasteiger partial charge is 0.353 e. The first kappa shape index (κ1) is 17.6. The van der Waals surface area contributed by atoms with Gasteiger partial charge in [0.25, 0.3) is 0 Å². The fraction of sp³-hybridized carbons (Fsp3) is 0.500. The number of benzene rings is 1. The molecule has 118 valence electrons. The zero-order valence-electron chi connectivity index (χ0n) is 12.8. The summed E-state index contributed by atoms with van der Waals surface area (Å²) in [6.07, 6.45) is 0. The quantitative estimate of drug-likeness (QED) is 0.717. The average Bonchev–Trinajstić information content (AvgIpc) is 2.36. The van der Waals surface area contributed by atoms with Crippen molar-refractivity contribution in [2.75, 3.05) is 0 Å². The first-order chi connectivity index (χ1) is 9.67. The molecule has 0 heterocycles. The molecule has 0 aliphatic rings. The van der Waals surface area contributed by atoms with Gasteiger partial charge in [-0.1, -0.05) is 12.1 Å². The average molecular weight is 313 g/mol. The molecule has 1 aromatic rings. The molecular formula is C14H23N3O3S. The summed E-state index contributed by atoms with van der Waals surface area (Å²) >= 11 is 0. The van der Waals surface area contributed by atoms with E-state index in [1.165, 1.54) is 13.0 Å². The molecule has 1 amide bonds. The van der Waals surface area contributed by atoms with Crippen LogP contribution in [0.1, 0.15) is 31.9 Å². The maximum atomic E-state index is 12.3. The molecule has 0 fully saturated rings. The van der Waals surface area contributed by atoms with Gasteiger partial charge in [-0.05, 0) is 44.9 Å². The lowest BCUT2D eigenvalue weighted by molar-refractivity contribution is -0.122. The van der Waals surface area contributed by atoms with Gasteiger partial charge in [-0.2, -0.15) is 4.72 Å². The van der Waals surface area contributed by atoms with Crippen LogP contribution in [-0.4, -0.2) is 26.4 Å². The Hall–Kier alpha value is -1.44. The summed E-state index contributed by atoms with van der Waals surface area (Å²) in [4.78, 5) is 11.9. The molecule has 7 heteroatoms. The van der Waals surface area contributed by atoms with Crippen LogP contribution < -0.4 is 15.8 Å². The van der Waals surface area contributed by atoms with E-state index < -0.39 is 16.1 Å². The van der Waals surface area contributed by atoms with Crippen LogP contribution in [0.4, 0.5) is 0 Å².